The smallest absolute Gasteiger partial charge is 0.411 e. The normalized spacial score (nSPS) is 10.8. The zero-order valence-corrected chi connectivity index (χ0v) is 74.9. The first kappa shape index (κ1) is 107. The number of unbranched alkanes of at least 4 members (excludes halogenated alkanes) is 56. The van der Waals surface area contributed by atoms with Crippen LogP contribution >= 0.6 is 48.9 Å². The number of nitrogens with zero attached hydrogens (tertiary/aromatic N) is 4. The number of hydrogen-bond donors (Lipinski definition) is 0. The second-order valence-corrected chi connectivity index (χ2v) is 32.9. The van der Waals surface area contributed by atoms with Gasteiger partial charge in [0.05, 0.1) is 0 Å². The van der Waals surface area contributed by atoms with E-state index in [0.29, 0.717) is 17.3 Å². The average molecular weight is 1590 g/mol. The van der Waals surface area contributed by atoms with E-state index < -0.39 is 0 Å². The van der Waals surface area contributed by atoms with Gasteiger partial charge in [-0.2, -0.15) is 0 Å². The van der Waals surface area contributed by atoms with Gasteiger partial charge in [-0.1, -0.05) is 432 Å². The average Bonchev–Trinajstić information content (AvgIpc) is 3.07. The molecule has 578 valence electrons. The Morgan fingerprint density at radius 1 is 0.155 bits per heavy atom. The van der Waals surface area contributed by atoms with E-state index in [1.165, 1.54) is 411 Å². The molecule has 4 nitrogen and oxygen atoms in total. The maximum Gasteiger partial charge on any atom is 4.00 e. The van der Waals surface area contributed by atoms with E-state index in [1.807, 2.05) is 0 Å². The van der Waals surface area contributed by atoms with Crippen LogP contribution in [-0.4, -0.2) is 89.2 Å². The van der Waals surface area contributed by atoms with Crippen LogP contribution in [0, 0.1) is 0 Å². The summed E-state index contributed by atoms with van der Waals surface area (Å²) in [5, 5.41) is 0. The Kier molecular flexibility index (Phi) is 105. The zero-order chi connectivity index (χ0) is 71.5. The second kappa shape index (κ2) is 95.1. The van der Waals surface area contributed by atoms with Crippen LogP contribution in [0.2, 0.25) is 0 Å². The van der Waals surface area contributed by atoms with Gasteiger partial charge in [-0.15, -0.1) is 0 Å². The fraction of sp³-hybridized carbons (Fsp3) is 0.952. The van der Waals surface area contributed by atoms with Gasteiger partial charge in [0, 0.05) is 52.4 Å². The topological polar surface area (TPSA) is 13.0 Å². The van der Waals surface area contributed by atoms with Crippen LogP contribution in [0.25, 0.3) is 0 Å². The number of thiocarbonyl (C=S) groups is 4. The summed E-state index contributed by atoms with van der Waals surface area (Å²) < 4.78 is 2.73. The van der Waals surface area contributed by atoms with Gasteiger partial charge in [-0.25, -0.2) is 0 Å². The van der Waals surface area contributed by atoms with Gasteiger partial charge in [0.1, 0.15) is 0 Å². The minimum atomic E-state index is 0. The van der Waals surface area contributed by atoms with Crippen LogP contribution < -0.4 is 0 Å². The Balaban J connectivity index is -0.000000386. The molecule has 0 aliphatic rings. The van der Waals surface area contributed by atoms with Gasteiger partial charge in [-0.3, -0.25) is 0 Å². The molecule has 0 aromatic carbocycles. The van der Waals surface area contributed by atoms with Crippen molar-refractivity contribution in [2.75, 3.05) is 52.4 Å². The third kappa shape index (κ3) is 93.2. The Morgan fingerprint density at radius 3 is 0.299 bits per heavy atom. The molecule has 0 aromatic heterocycles. The molecule has 0 N–H and O–H groups in total. The largest absolute Gasteiger partial charge is 4.00 e. The third-order valence-electron chi connectivity index (χ3n) is 19.3. The molecule has 0 rings (SSSR count). The van der Waals surface area contributed by atoms with Crippen molar-refractivity contribution in [1.29, 1.82) is 0 Å². The Hall–Kier alpha value is 1.13. The quantitative estimate of drug-likeness (QED) is 0.0249. The molecule has 0 radical (unpaired) electrons. The van der Waals surface area contributed by atoms with Gasteiger partial charge in [0.2, 0.25) is 0 Å². The summed E-state index contributed by atoms with van der Waals surface area (Å²) in [6.07, 6.45) is 87.4. The standard InChI is InChI=1S/4C21H43NS2.Mo/c4*1-3-5-7-9-11-13-15-17-19-22(21(23)24)20-18-16-14-12-10-8-6-4-2;/h4*3-20H2,1-2H3,(H,23,24);/q;;;;+4/p-4. The molecule has 0 unspecified atom stereocenters. The van der Waals surface area contributed by atoms with Crippen molar-refractivity contribution in [1.82, 2.24) is 19.6 Å². The summed E-state index contributed by atoms with van der Waals surface area (Å²) in [7, 11) is 0. The number of hydrogen-bond acceptors (Lipinski definition) is 8. The molecule has 0 aromatic rings. The summed E-state index contributed by atoms with van der Waals surface area (Å²) in [6.45, 7) is 26.8. The summed E-state index contributed by atoms with van der Waals surface area (Å²) >= 11 is 42.0. The monoisotopic (exact) mass is 1590 g/mol. The molecule has 0 saturated carbocycles. The van der Waals surface area contributed by atoms with E-state index in [0.717, 1.165) is 52.4 Å². The van der Waals surface area contributed by atoms with Crippen molar-refractivity contribution in [2.45, 2.75) is 466 Å². The molecule has 0 atom stereocenters. The third-order valence-corrected chi connectivity index (χ3v) is 21.4. The molecule has 0 amide bonds. The summed E-state index contributed by atoms with van der Waals surface area (Å²) in [4.78, 5) is 9.05. The molecule has 0 saturated heterocycles. The van der Waals surface area contributed by atoms with Crippen molar-refractivity contribution >= 4 is 117 Å². The molecule has 0 aliphatic heterocycles. The van der Waals surface area contributed by atoms with E-state index in [-0.39, 0.29) is 21.1 Å². The molecule has 0 bridgehead atoms. The minimum Gasteiger partial charge on any atom is -0.411 e. The van der Waals surface area contributed by atoms with E-state index >= 15 is 0 Å². The summed E-state index contributed by atoms with van der Waals surface area (Å²) in [5.74, 6) is 0. The maximum absolute atomic E-state index is 5.25. The second-order valence-electron chi connectivity index (χ2n) is 28.8. The van der Waals surface area contributed by atoms with Gasteiger partial charge in [0.15, 0.2) is 0 Å². The van der Waals surface area contributed by atoms with Crippen LogP contribution in [0.15, 0.2) is 0 Å². The van der Waals surface area contributed by atoms with Crippen LogP contribution in [0.1, 0.15) is 466 Å². The van der Waals surface area contributed by atoms with Gasteiger partial charge in [0.25, 0.3) is 0 Å². The van der Waals surface area contributed by atoms with Crippen LogP contribution in [0.4, 0.5) is 0 Å². The molecule has 13 heteroatoms. The molecule has 0 fully saturated rings. The SMILES string of the molecule is CCCCCCCCCCN(CCCCCCCCCC)C(=S)[S-].CCCCCCCCCCN(CCCCCCCCCC)C(=S)[S-].CCCCCCCCCCN(CCCCCCCCCC)C(=S)[S-].CCCCCCCCCCN(CCCCCCCCCC)C(=S)[S-].[Mo+4]. The zero-order valence-electron chi connectivity index (χ0n) is 66.4. The molecule has 0 aliphatic carbocycles. The maximum atomic E-state index is 5.25. The first-order valence-electron chi connectivity index (χ1n) is 42.7. The van der Waals surface area contributed by atoms with Crippen LogP contribution in [-0.2, 0) is 71.6 Å². The predicted octanol–water partition coefficient (Wildman–Crippen LogP) is 29.6. The van der Waals surface area contributed by atoms with E-state index in [4.69, 9.17) is 99.4 Å². The van der Waals surface area contributed by atoms with Gasteiger partial charge < -0.3 is 119 Å². The van der Waals surface area contributed by atoms with Crippen molar-refractivity contribution in [3.63, 3.8) is 0 Å². The molecule has 0 spiro atoms. The van der Waals surface area contributed by atoms with Crippen molar-refractivity contribution in [2.24, 2.45) is 0 Å². The van der Waals surface area contributed by atoms with Crippen LogP contribution in [0.3, 0.4) is 0 Å². The first-order chi connectivity index (χ1) is 46.9. The Bertz CT molecular complexity index is 1220. The Morgan fingerprint density at radius 2 is 0.227 bits per heavy atom. The fourth-order valence-corrected chi connectivity index (χ4v) is 14.1. The number of rotatable bonds is 72. The van der Waals surface area contributed by atoms with Crippen molar-refractivity contribution in [3.8, 4) is 0 Å². The van der Waals surface area contributed by atoms with Gasteiger partial charge in [-0.05, 0) is 51.4 Å². The Labute approximate surface area is 670 Å². The fourth-order valence-electron chi connectivity index (χ4n) is 12.7. The van der Waals surface area contributed by atoms with Crippen molar-refractivity contribution in [3.05, 3.63) is 0 Å². The molecular formula is C84H168MoN4S8. The van der Waals surface area contributed by atoms with E-state index in [1.54, 1.807) is 0 Å². The molecule has 0 heterocycles. The molecule has 97 heavy (non-hydrogen) atoms. The predicted molar refractivity (Wildman–Crippen MR) is 467 cm³/mol. The van der Waals surface area contributed by atoms with E-state index in [2.05, 4.69) is 75.0 Å². The van der Waals surface area contributed by atoms with Crippen LogP contribution in [0.5, 0.6) is 0 Å². The minimum absolute atomic E-state index is 0. The summed E-state index contributed by atoms with van der Waals surface area (Å²) in [6, 6.07) is 0. The summed E-state index contributed by atoms with van der Waals surface area (Å²) in [5.41, 5.74) is 0. The van der Waals surface area contributed by atoms with E-state index in [9.17, 15) is 0 Å². The molecular weight excluding hydrogens is 1420 g/mol. The van der Waals surface area contributed by atoms with Crippen molar-refractivity contribution < 1.29 is 21.1 Å². The first-order valence-corrected chi connectivity index (χ1v) is 46.0. The van der Waals surface area contributed by atoms with Gasteiger partial charge >= 0.3 is 21.1 Å².